The highest BCUT2D eigenvalue weighted by molar-refractivity contribution is 6.20. The molecule has 0 aliphatic rings. The van der Waals surface area contributed by atoms with E-state index in [0.717, 1.165) is 12.1 Å². The van der Waals surface area contributed by atoms with Crippen LogP contribution in [0.5, 0.6) is 0 Å². The van der Waals surface area contributed by atoms with Crippen LogP contribution in [0.3, 0.4) is 0 Å². The Hall–Kier alpha value is -1.23. The number of ketones is 1. The molecule has 0 aromatic heterocycles. The van der Waals surface area contributed by atoms with Crippen LogP contribution in [0.15, 0.2) is 18.2 Å². The summed E-state index contributed by atoms with van der Waals surface area (Å²) in [7, 11) is 0. The molecule has 0 saturated heterocycles. The van der Waals surface area contributed by atoms with Crippen LogP contribution >= 0.6 is 11.6 Å². The molecule has 0 saturated carbocycles. The molecule has 88 valence electrons. The van der Waals surface area contributed by atoms with Gasteiger partial charge in [-0.1, -0.05) is 6.07 Å². The van der Waals surface area contributed by atoms with Crippen molar-refractivity contribution in [2.24, 2.45) is 0 Å². The van der Waals surface area contributed by atoms with Crippen LogP contribution < -0.4 is 5.73 Å². The molecule has 0 aliphatic heterocycles. The minimum absolute atomic E-state index is 0.0372. The van der Waals surface area contributed by atoms with Crippen LogP contribution in [0.1, 0.15) is 22.3 Å². The van der Waals surface area contributed by atoms with Crippen molar-refractivity contribution in [3.05, 3.63) is 29.3 Å². The van der Waals surface area contributed by atoms with Crippen molar-refractivity contribution in [3.8, 4) is 0 Å². The summed E-state index contributed by atoms with van der Waals surface area (Å²) in [4.78, 5) is 11.5. The average molecular weight is 252 g/mol. The minimum atomic E-state index is -4.59. The Labute approximate surface area is 95.2 Å². The molecule has 0 unspecified atom stereocenters. The third-order valence-corrected chi connectivity index (χ3v) is 2.19. The standard InChI is InChI=1S/C10H9ClF3NO/c11-5-4-8(16)9-6(10(12,13)14)2-1-3-7(9)15/h1-3H,4-5,15H2. The van der Waals surface area contributed by atoms with E-state index in [-0.39, 0.29) is 18.0 Å². The number of halogens is 4. The maximum atomic E-state index is 12.6. The van der Waals surface area contributed by atoms with Crippen LogP contribution in [0.4, 0.5) is 18.9 Å². The van der Waals surface area contributed by atoms with Gasteiger partial charge in [-0.25, -0.2) is 0 Å². The fourth-order valence-electron chi connectivity index (χ4n) is 1.33. The minimum Gasteiger partial charge on any atom is -0.398 e. The third kappa shape index (κ3) is 2.66. The van der Waals surface area contributed by atoms with Crippen molar-refractivity contribution in [1.29, 1.82) is 0 Å². The topological polar surface area (TPSA) is 43.1 Å². The predicted octanol–water partition coefficient (Wildman–Crippen LogP) is 3.10. The molecule has 16 heavy (non-hydrogen) atoms. The first kappa shape index (κ1) is 12.8. The lowest BCUT2D eigenvalue weighted by molar-refractivity contribution is -0.137. The van der Waals surface area contributed by atoms with Crippen LogP contribution in [0, 0.1) is 0 Å². The van der Waals surface area contributed by atoms with Crippen molar-refractivity contribution in [3.63, 3.8) is 0 Å². The fourth-order valence-corrected chi connectivity index (χ4v) is 1.50. The number of alkyl halides is 4. The lowest BCUT2D eigenvalue weighted by Crippen LogP contribution is -2.15. The lowest BCUT2D eigenvalue weighted by atomic mass is 9.99. The highest BCUT2D eigenvalue weighted by Crippen LogP contribution is 2.34. The molecule has 0 aliphatic carbocycles. The molecule has 1 rings (SSSR count). The molecular weight excluding hydrogens is 243 g/mol. The average Bonchev–Trinajstić information content (AvgIpc) is 2.16. The number of nitrogens with two attached hydrogens (primary N) is 1. The van der Waals surface area contributed by atoms with Gasteiger partial charge < -0.3 is 5.73 Å². The lowest BCUT2D eigenvalue weighted by Gasteiger charge is -2.13. The van der Waals surface area contributed by atoms with Gasteiger partial charge in [0.1, 0.15) is 0 Å². The summed E-state index contributed by atoms with van der Waals surface area (Å²) in [5, 5.41) is 0. The number of hydrogen-bond donors (Lipinski definition) is 1. The molecule has 1 aromatic rings. The Kier molecular flexibility index (Phi) is 3.80. The summed E-state index contributed by atoms with van der Waals surface area (Å²) in [5.74, 6) is -0.731. The molecule has 0 spiro atoms. The molecular formula is C10H9ClF3NO. The molecule has 0 fully saturated rings. The first-order chi connectivity index (χ1) is 7.38. The highest BCUT2D eigenvalue weighted by atomic mass is 35.5. The summed E-state index contributed by atoms with van der Waals surface area (Å²) in [5.41, 5.74) is 3.71. The Bertz CT molecular complexity index is 404. The summed E-state index contributed by atoms with van der Waals surface area (Å²) in [6.07, 6.45) is -4.76. The van der Waals surface area contributed by atoms with E-state index in [4.69, 9.17) is 17.3 Å². The van der Waals surface area contributed by atoms with Crippen molar-refractivity contribution < 1.29 is 18.0 Å². The first-order valence-corrected chi connectivity index (χ1v) is 4.96. The van der Waals surface area contributed by atoms with E-state index < -0.39 is 23.1 Å². The first-order valence-electron chi connectivity index (χ1n) is 4.42. The van der Waals surface area contributed by atoms with Crippen molar-refractivity contribution in [1.82, 2.24) is 0 Å². The van der Waals surface area contributed by atoms with Crippen molar-refractivity contribution >= 4 is 23.1 Å². The van der Waals surface area contributed by atoms with E-state index in [9.17, 15) is 18.0 Å². The van der Waals surface area contributed by atoms with Crippen LogP contribution in [0.25, 0.3) is 0 Å². The molecule has 0 radical (unpaired) electrons. The second-order valence-electron chi connectivity index (χ2n) is 3.13. The number of Topliss-reactive ketones (excluding diaryl/α,β-unsaturated/α-hetero) is 1. The highest BCUT2D eigenvalue weighted by Gasteiger charge is 2.35. The second kappa shape index (κ2) is 4.74. The summed E-state index contributed by atoms with van der Waals surface area (Å²) >= 11 is 5.32. The molecule has 0 bridgehead atoms. The monoisotopic (exact) mass is 251 g/mol. The molecule has 0 heterocycles. The number of rotatable bonds is 3. The zero-order valence-electron chi connectivity index (χ0n) is 8.14. The predicted molar refractivity (Wildman–Crippen MR) is 55.5 cm³/mol. The summed E-state index contributed by atoms with van der Waals surface area (Å²) < 4.78 is 37.8. The molecule has 1 aromatic carbocycles. The number of hydrogen-bond acceptors (Lipinski definition) is 2. The number of nitrogen functional groups attached to an aromatic ring is 1. The van der Waals surface area contributed by atoms with Crippen LogP contribution in [-0.2, 0) is 6.18 Å². The van der Waals surface area contributed by atoms with Gasteiger partial charge in [0.25, 0.3) is 0 Å². The smallest absolute Gasteiger partial charge is 0.398 e. The van der Waals surface area contributed by atoms with E-state index in [2.05, 4.69) is 0 Å². The zero-order valence-corrected chi connectivity index (χ0v) is 8.90. The fraction of sp³-hybridized carbons (Fsp3) is 0.300. The van der Waals surface area contributed by atoms with Gasteiger partial charge in [0, 0.05) is 18.0 Å². The zero-order chi connectivity index (χ0) is 12.3. The Morgan fingerprint density at radius 3 is 2.50 bits per heavy atom. The van der Waals surface area contributed by atoms with Gasteiger partial charge in [0.05, 0.1) is 11.1 Å². The normalized spacial score (nSPS) is 11.5. The number of benzene rings is 1. The van der Waals surface area contributed by atoms with Crippen LogP contribution in [0.2, 0.25) is 0 Å². The van der Waals surface area contributed by atoms with Crippen LogP contribution in [-0.4, -0.2) is 11.7 Å². The van der Waals surface area contributed by atoms with Crippen molar-refractivity contribution in [2.45, 2.75) is 12.6 Å². The second-order valence-corrected chi connectivity index (χ2v) is 3.51. The Balaban J connectivity index is 3.30. The molecule has 6 heteroatoms. The molecule has 0 atom stereocenters. The van der Waals surface area contributed by atoms with E-state index in [1.54, 1.807) is 0 Å². The molecule has 2 N–H and O–H groups in total. The van der Waals surface area contributed by atoms with Crippen molar-refractivity contribution in [2.75, 3.05) is 11.6 Å². The van der Waals surface area contributed by atoms with E-state index in [1.165, 1.54) is 6.07 Å². The van der Waals surface area contributed by atoms with Gasteiger partial charge >= 0.3 is 6.18 Å². The van der Waals surface area contributed by atoms with Gasteiger partial charge in [-0.2, -0.15) is 13.2 Å². The molecule has 0 amide bonds. The number of carbonyl (C=O) groups excluding carboxylic acids is 1. The van der Waals surface area contributed by atoms with Gasteiger partial charge in [-0.15, -0.1) is 11.6 Å². The SMILES string of the molecule is Nc1cccc(C(F)(F)F)c1C(=O)CCCl. The third-order valence-electron chi connectivity index (χ3n) is 2.00. The largest absolute Gasteiger partial charge is 0.417 e. The summed E-state index contributed by atoms with van der Waals surface area (Å²) in [6.45, 7) is 0. The summed E-state index contributed by atoms with van der Waals surface area (Å²) in [6, 6.07) is 3.25. The Morgan fingerprint density at radius 1 is 1.38 bits per heavy atom. The maximum Gasteiger partial charge on any atom is 0.417 e. The maximum absolute atomic E-state index is 12.6. The van der Waals surface area contributed by atoms with E-state index in [0.29, 0.717) is 0 Å². The Morgan fingerprint density at radius 2 is 2.00 bits per heavy atom. The number of anilines is 1. The quantitative estimate of drug-likeness (QED) is 0.510. The van der Waals surface area contributed by atoms with Gasteiger partial charge in [0.2, 0.25) is 0 Å². The number of carbonyl (C=O) groups is 1. The van der Waals surface area contributed by atoms with Gasteiger partial charge in [-0.05, 0) is 12.1 Å². The van der Waals surface area contributed by atoms with Gasteiger partial charge in [-0.3, -0.25) is 4.79 Å². The van der Waals surface area contributed by atoms with E-state index in [1.807, 2.05) is 0 Å². The van der Waals surface area contributed by atoms with Gasteiger partial charge in [0.15, 0.2) is 5.78 Å². The molecule has 2 nitrogen and oxygen atoms in total. The van der Waals surface area contributed by atoms with E-state index >= 15 is 0 Å².